The van der Waals surface area contributed by atoms with E-state index in [9.17, 15) is 4.79 Å². The van der Waals surface area contributed by atoms with Crippen LogP contribution < -0.4 is 11.1 Å². The fraction of sp³-hybridized carbons (Fsp3) is 0.650. The molecule has 1 saturated carbocycles. The fourth-order valence-corrected chi connectivity index (χ4v) is 3.50. The summed E-state index contributed by atoms with van der Waals surface area (Å²) in [6.45, 7) is 9.15. The lowest BCUT2D eigenvalue weighted by Crippen LogP contribution is -2.75. The Balaban J connectivity index is 0.00000338. The summed E-state index contributed by atoms with van der Waals surface area (Å²) in [7, 11) is 2.10. The van der Waals surface area contributed by atoms with E-state index in [1.807, 2.05) is 26.8 Å². The van der Waals surface area contributed by atoms with E-state index < -0.39 is 5.54 Å². The van der Waals surface area contributed by atoms with E-state index in [2.05, 4.69) is 41.5 Å². The fourth-order valence-electron chi connectivity index (χ4n) is 3.50. The molecule has 1 aromatic rings. The van der Waals surface area contributed by atoms with E-state index >= 15 is 0 Å². The Hall–Kier alpha value is -0.850. The zero-order valence-corrected chi connectivity index (χ0v) is 18.5. The molecule has 0 heterocycles. The van der Waals surface area contributed by atoms with E-state index in [1.165, 1.54) is 5.56 Å². The Labute approximate surface area is 176 Å². The van der Waals surface area contributed by atoms with Crippen molar-refractivity contribution >= 4 is 30.7 Å². The molecule has 7 heteroatoms. The average molecular weight is 420 g/mol. The van der Waals surface area contributed by atoms with Crippen LogP contribution in [0.4, 0.5) is 0 Å². The van der Waals surface area contributed by atoms with Crippen molar-refractivity contribution in [2.24, 2.45) is 11.1 Å². The maximum Gasteiger partial charge on any atom is 0.240 e. The van der Waals surface area contributed by atoms with E-state index in [4.69, 9.17) is 10.5 Å². The number of carbonyl (C=O) groups excluding carboxylic acids is 1. The maximum atomic E-state index is 12.5. The summed E-state index contributed by atoms with van der Waals surface area (Å²) in [5, 5.41) is 3.02. The molecule has 0 aromatic heterocycles. The third kappa shape index (κ3) is 6.06. The van der Waals surface area contributed by atoms with Gasteiger partial charge in [-0.2, -0.15) is 0 Å². The minimum Gasteiger partial charge on any atom is -0.378 e. The summed E-state index contributed by atoms with van der Waals surface area (Å²) in [6.07, 6.45) is 1.55. The molecule has 1 amide bonds. The van der Waals surface area contributed by atoms with Gasteiger partial charge in [-0.15, -0.1) is 24.8 Å². The highest BCUT2D eigenvalue weighted by Gasteiger charge is 2.62. The van der Waals surface area contributed by atoms with Crippen LogP contribution in [0.15, 0.2) is 30.3 Å². The monoisotopic (exact) mass is 419 g/mol. The first kappa shape index (κ1) is 26.1. The van der Waals surface area contributed by atoms with Gasteiger partial charge in [-0.3, -0.25) is 4.79 Å². The summed E-state index contributed by atoms with van der Waals surface area (Å²) in [5.74, 6) is -0.0563. The Bertz CT molecular complexity index is 572. The smallest absolute Gasteiger partial charge is 0.240 e. The van der Waals surface area contributed by atoms with Crippen molar-refractivity contribution in [3.8, 4) is 0 Å². The number of hydrogen-bond donors (Lipinski definition) is 2. The Morgan fingerprint density at radius 2 is 1.93 bits per heavy atom. The number of nitrogens with zero attached hydrogens (tertiary/aromatic N) is 1. The SMILES string of the molecule is CCOC1CC(N)(C(=O)NCCCN(C)Cc2ccccc2)C1(C)C.Cl.Cl. The van der Waals surface area contributed by atoms with Crippen LogP contribution in [0.5, 0.6) is 0 Å². The van der Waals surface area contributed by atoms with Crippen molar-refractivity contribution in [1.29, 1.82) is 0 Å². The van der Waals surface area contributed by atoms with Crippen LogP contribution >= 0.6 is 24.8 Å². The molecule has 2 rings (SSSR count). The van der Waals surface area contributed by atoms with Crippen molar-refractivity contribution < 1.29 is 9.53 Å². The summed E-state index contributed by atoms with van der Waals surface area (Å²) >= 11 is 0. The summed E-state index contributed by atoms with van der Waals surface area (Å²) in [5.41, 5.74) is 6.52. The minimum absolute atomic E-state index is 0. The van der Waals surface area contributed by atoms with E-state index in [0.29, 0.717) is 19.6 Å². The van der Waals surface area contributed by atoms with Crippen LogP contribution in [-0.2, 0) is 16.1 Å². The van der Waals surface area contributed by atoms with E-state index in [0.717, 1.165) is 19.5 Å². The predicted molar refractivity (Wildman–Crippen MR) is 116 cm³/mol. The zero-order chi connectivity index (χ0) is 18.5. The molecule has 2 atom stereocenters. The lowest BCUT2D eigenvalue weighted by Gasteiger charge is -2.57. The molecule has 5 nitrogen and oxygen atoms in total. The van der Waals surface area contributed by atoms with Gasteiger partial charge in [-0.05, 0) is 32.5 Å². The first-order chi connectivity index (χ1) is 11.8. The van der Waals surface area contributed by atoms with Crippen molar-refractivity contribution in [2.45, 2.75) is 51.8 Å². The molecule has 0 saturated heterocycles. The molecule has 3 N–H and O–H groups in total. The standard InChI is InChI=1S/C20H33N3O2.2ClH/c1-5-25-17-14-20(21,19(17,2)3)18(24)22-12-9-13-23(4)15-16-10-7-6-8-11-16;;/h6-8,10-11,17H,5,9,12-15,21H2,1-4H3,(H,22,24);2*1H. The number of carbonyl (C=O) groups is 1. The Kier molecular flexibility index (Phi) is 10.9. The zero-order valence-electron chi connectivity index (χ0n) is 16.9. The van der Waals surface area contributed by atoms with Crippen LogP contribution in [0.25, 0.3) is 0 Å². The van der Waals surface area contributed by atoms with Gasteiger partial charge in [0.15, 0.2) is 0 Å². The van der Waals surface area contributed by atoms with Gasteiger partial charge >= 0.3 is 0 Å². The molecule has 27 heavy (non-hydrogen) atoms. The van der Waals surface area contributed by atoms with Gasteiger partial charge in [0, 0.05) is 31.5 Å². The number of nitrogens with two attached hydrogens (primary N) is 1. The molecule has 1 fully saturated rings. The van der Waals surface area contributed by atoms with Crippen LogP contribution in [0.2, 0.25) is 0 Å². The van der Waals surface area contributed by atoms with Crippen molar-refractivity contribution in [2.75, 3.05) is 26.7 Å². The van der Waals surface area contributed by atoms with Crippen molar-refractivity contribution in [3.05, 3.63) is 35.9 Å². The Morgan fingerprint density at radius 3 is 2.48 bits per heavy atom. The molecule has 156 valence electrons. The average Bonchev–Trinajstić information content (AvgIpc) is 2.59. The molecule has 1 aliphatic rings. The second kappa shape index (κ2) is 11.2. The number of benzene rings is 1. The van der Waals surface area contributed by atoms with Gasteiger partial charge in [0.25, 0.3) is 0 Å². The quantitative estimate of drug-likeness (QED) is 0.603. The number of amides is 1. The molecule has 0 bridgehead atoms. The van der Waals surface area contributed by atoms with Crippen LogP contribution in [0.1, 0.15) is 39.2 Å². The number of nitrogens with one attached hydrogen (secondary N) is 1. The third-order valence-electron chi connectivity index (χ3n) is 5.53. The third-order valence-corrected chi connectivity index (χ3v) is 5.53. The Morgan fingerprint density at radius 1 is 1.30 bits per heavy atom. The first-order valence-corrected chi connectivity index (χ1v) is 9.22. The number of hydrogen-bond acceptors (Lipinski definition) is 4. The van der Waals surface area contributed by atoms with Crippen molar-refractivity contribution in [3.63, 3.8) is 0 Å². The second-order valence-electron chi connectivity index (χ2n) is 7.67. The van der Waals surface area contributed by atoms with Crippen LogP contribution in [-0.4, -0.2) is 49.2 Å². The molecule has 2 unspecified atom stereocenters. The molecular weight excluding hydrogens is 385 g/mol. The highest BCUT2D eigenvalue weighted by atomic mass is 35.5. The predicted octanol–water partition coefficient (Wildman–Crippen LogP) is 3.00. The highest BCUT2D eigenvalue weighted by Crippen LogP contribution is 2.49. The lowest BCUT2D eigenvalue weighted by atomic mass is 9.54. The van der Waals surface area contributed by atoms with Gasteiger partial charge < -0.3 is 20.7 Å². The maximum absolute atomic E-state index is 12.5. The van der Waals surface area contributed by atoms with E-state index in [-0.39, 0.29) is 42.2 Å². The summed E-state index contributed by atoms with van der Waals surface area (Å²) in [4.78, 5) is 14.8. The summed E-state index contributed by atoms with van der Waals surface area (Å²) in [6, 6.07) is 10.4. The highest BCUT2D eigenvalue weighted by molar-refractivity contribution is 5.88. The number of halogens is 2. The largest absolute Gasteiger partial charge is 0.378 e. The second-order valence-corrected chi connectivity index (χ2v) is 7.67. The normalized spacial score (nSPS) is 23.0. The lowest BCUT2D eigenvalue weighted by molar-refractivity contribution is -0.170. The van der Waals surface area contributed by atoms with Gasteiger partial charge in [0.1, 0.15) is 5.54 Å². The summed E-state index contributed by atoms with van der Waals surface area (Å²) < 4.78 is 5.69. The van der Waals surface area contributed by atoms with Crippen LogP contribution in [0.3, 0.4) is 0 Å². The molecular formula is C20H35Cl2N3O2. The molecule has 0 aliphatic heterocycles. The van der Waals surface area contributed by atoms with Crippen molar-refractivity contribution in [1.82, 2.24) is 10.2 Å². The topological polar surface area (TPSA) is 67.6 Å². The molecule has 0 spiro atoms. The van der Waals surface area contributed by atoms with E-state index in [1.54, 1.807) is 0 Å². The van der Waals surface area contributed by atoms with Crippen LogP contribution in [0, 0.1) is 5.41 Å². The molecule has 1 aliphatic carbocycles. The van der Waals surface area contributed by atoms with Gasteiger partial charge in [0.2, 0.25) is 5.91 Å². The van der Waals surface area contributed by atoms with Gasteiger partial charge in [0.05, 0.1) is 6.10 Å². The minimum atomic E-state index is -0.831. The molecule has 0 radical (unpaired) electrons. The number of rotatable bonds is 9. The molecule has 1 aromatic carbocycles. The first-order valence-electron chi connectivity index (χ1n) is 9.22. The van der Waals surface area contributed by atoms with Gasteiger partial charge in [-0.1, -0.05) is 44.2 Å². The van der Waals surface area contributed by atoms with Gasteiger partial charge in [-0.25, -0.2) is 0 Å². The number of ether oxygens (including phenoxy) is 1.